The van der Waals surface area contributed by atoms with Gasteiger partial charge < -0.3 is 21.7 Å². The summed E-state index contributed by atoms with van der Waals surface area (Å²) in [5.74, 6) is 0.924. The molecule has 0 aliphatic heterocycles. The number of carbonyl (C=O) groups excluding carboxylic acids is 2. The molecule has 0 aromatic heterocycles. The number of fused-ring (bicyclic) bond motifs is 2. The number of anilines is 1. The summed E-state index contributed by atoms with van der Waals surface area (Å²) >= 11 is 0. The summed E-state index contributed by atoms with van der Waals surface area (Å²) in [7, 11) is 0. The van der Waals surface area contributed by atoms with E-state index in [1.807, 2.05) is 0 Å². The van der Waals surface area contributed by atoms with Crippen molar-refractivity contribution in [3.05, 3.63) is 29.8 Å². The minimum Gasteiger partial charge on any atom is -0.349 e. The van der Waals surface area contributed by atoms with Crippen molar-refractivity contribution < 1.29 is 9.59 Å². The Morgan fingerprint density at radius 1 is 1.00 bits per heavy atom. The van der Waals surface area contributed by atoms with Crippen LogP contribution in [0.4, 0.5) is 10.5 Å². The van der Waals surface area contributed by atoms with Crippen LogP contribution in [-0.2, 0) is 0 Å². The van der Waals surface area contributed by atoms with E-state index in [4.69, 9.17) is 5.73 Å². The summed E-state index contributed by atoms with van der Waals surface area (Å²) in [6.07, 6.45) is 7.64. The van der Waals surface area contributed by atoms with Gasteiger partial charge in [0.25, 0.3) is 5.91 Å². The first-order valence-corrected chi connectivity index (χ1v) is 9.82. The van der Waals surface area contributed by atoms with E-state index in [0.717, 1.165) is 38.5 Å². The average Bonchev–Trinajstić information content (AvgIpc) is 3.39. The van der Waals surface area contributed by atoms with Crippen LogP contribution in [0.5, 0.6) is 0 Å². The molecule has 1 aromatic carbocycles. The maximum Gasteiger partial charge on any atom is 0.319 e. The minimum atomic E-state index is -0.208. The lowest BCUT2D eigenvalue weighted by Gasteiger charge is -2.45. The number of halogens is 1. The Balaban J connectivity index is 0.00000210. The molecule has 7 heteroatoms. The second kappa shape index (κ2) is 8.48. The van der Waals surface area contributed by atoms with Gasteiger partial charge in [-0.15, -0.1) is 12.4 Å². The zero-order valence-electron chi connectivity index (χ0n) is 15.4. The Morgan fingerprint density at radius 3 is 2.37 bits per heavy atom. The Labute approximate surface area is 166 Å². The van der Waals surface area contributed by atoms with E-state index in [-0.39, 0.29) is 36.4 Å². The predicted molar refractivity (Wildman–Crippen MR) is 108 cm³/mol. The molecule has 3 aliphatic rings. The molecule has 6 nitrogen and oxygen atoms in total. The van der Waals surface area contributed by atoms with Crippen molar-refractivity contribution in [3.63, 3.8) is 0 Å². The van der Waals surface area contributed by atoms with Gasteiger partial charge in [0.1, 0.15) is 0 Å². The fourth-order valence-electron chi connectivity index (χ4n) is 4.58. The number of urea groups is 1. The lowest BCUT2D eigenvalue weighted by atomic mass is 9.67. The molecule has 5 N–H and O–H groups in total. The number of benzene rings is 1. The minimum absolute atomic E-state index is 0. The van der Waals surface area contributed by atoms with Crippen molar-refractivity contribution in [2.24, 2.45) is 17.6 Å². The first-order chi connectivity index (χ1) is 12.6. The van der Waals surface area contributed by atoms with Gasteiger partial charge in [0.15, 0.2) is 0 Å². The second-order valence-corrected chi connectivity index (χ2v) is 8.14. The molecule has 0 spiro atoms. The predicted octanol–water partition coefficient (Wildman–Crippen LogP) is 3.03. The summed E-state index contributed by atoms with van der Waals surface area (Å²) < 4.78 is 0. The molecule has 148 valence electrons. The van der Waals surface area contributed by atoms with Gasteiger partial charge in [-0.1, -0.05) is 12.5 Å². The van der Waals surface area contributed by atoms with E-state index >= 15 is 0 Å². The number of amides is 3. The zero-order chi connectivity index (χ0) is 18.1. The Kier molecular flexibility index (Phi) is 6.27. The van der Waals surface area contributed by atoms with Crippen molar-refractivity contribution in [1.82, 2.24) is 10.6 Å². The number of hydrogen-bond donors (Lipinski definition) is 4. The molecule has 27 heavy (non-hydrogen) atoms. The third-order valence-electron chi connectivity index (χ3n) is 5.97. The molecule has 2 unspecified atom stereocenters. The van der Waals surface area contributed by atoms with Gasteiger partial charge in [-0.3, -0.25) is 4.79 Å². The monoisotopic (exact) mass is 392 g/mol. The number of nitrogens with two attached hydrogens (primary N) is 1. The van der Waals surface area contributed by atoms with Crippen LogP contribution in [0.2, 0.25) is 0 Å². The van der Waals surface area contributed by atoms with Crippen LogP contribution in [0.15, 0.2) is 24.3 Å². The highest BCUT2D eigenvalue weighted by Crippen LogP contribution is 2.39. The summed E-state index contributed by atoms with van der Waals surface area (Å²) in [5.41, 5.74) is 7.40. The maximum absolute atomic E-state index is 12.8. The smallest absolute Gasteiger partial charge is 0.319 e. The van der Waals surface area contributed by atoms with E-state index in [2.05, 4.69) is 16.0 Å². The topological polar surface area (TPSA) is 96.2 Å². The Bertz CT molecular complexity index is 680. The van der Waals surface area contributed by atoms with Crippen molar-refractivity contribution in [2.75, 3.05) is 5.32 Å². The molecule has 0 heterocycles. The molecule has 2 atom stereocenters. The van der Waals surface area contributed by atoms with E-state index in [1.54, 1.807) is 24.3 Å². The Hall–Kier alpha value is -1.79. The molecule has 3 fully saturated rings. The van der Waals surface area contributed by atoms with Gasteiger partial charge in [-0.25, -0.2) is 4.79 Å². The molecule has 3 amide bonds. The molecular weight excluding hydrogens is 364 g/mol. The van der Waals surface area contributed by atoms with E-state index in [1.165, 1.54) is 6.42 Å². The third-order valence-corrected chi connectivity index (χ3v) is 5.97. The van der Waals surface area contributed by atoms with Crippen LogP contribution in [-0.4, -0.2) is 30.1 Å². The number of carbonyl (C=O) groups is 2. The molecule has 0 saturated heterocycles. The first-order valence-electron chi connectivity index (χ1n) is 9.82. The van der Waals surface area contributed by atoms with Gasteiger partial charge in [0.05, 0.1) is 0 Å². The molecule has 1 aromatic rings. The van der Waals surface area contributed by atoms with Gasteiger partial charge in [0.2, 0.25) is 0 Å². The molecule has 4 rings (SSSR count). The summed E-state index contributed by atoms with van der Waals surface area (Å²) in [5, 5.41) is 8.95. The highest BCUT2D eigenvalue weighted by Gasteiger charge is 2.40. The van der Waals surface area contributed by atoms with Crippen LogP contribution in [0.1, 0.15) is 55.3 Å². The van der Waals surface area contributed by atoms with Gasteiger partial charge in [0, 0.05) is 29.4 Å². The third kappa shape index (κ3) is 4.93. The maximum atomic E-state index is 12.8. The van der Waals surface area contributed by atoms with Crippen molar-refractivity contribution in [2.45, 2.75) is 63.1 Å². The fourth-order valence-corrected chi connectivity index (χ4v) is 4.58. The lowest BCUT2D eigenvalue weighted by Crippen LogP contribution is -2.53. The fraction of sp³-hybridized carbons (Fsp3) is 0.600. The van der Waals surface area contributed by atoms with Crippen LogP contribution in [0.3, 0.4) is 0 Å². The summed E-state index contributed by atoms with van der Waals surface area (Å²) in [6, 6.07) is 7.74. The lowest BCUT2D eigenvalue weighted by molar-refractivity contribution is 0.0756. The standard InChI is InChI=1S/C20H28N4O2.ClH/c21-15-9-12-3-1-4-13(10-15)18(12)24-19(25)14-5-2-6-17(11-14)23-20(26)22-16-7-8-16;/h2,5-6,11-13,15-16,18H,1,3-4,7-10,21H2,(H,24,25)(H2,22,23,26);1H. The van der Waals surface area contributed by atoms with Crippen molar-refractivity contribution in [1.29, 1.82) is 0 Å². The van der Waals surface area contributed by atoms with Crippen molar-refractivity contribution >= 4 is 30.0 Å². The Morgan fingerprint density at radius 2 is 1.70 bits per heavy atom. The highest BCUT2D eigenvalue weighted by atomic mass is 35.5. The highest BCUT2D eigenvalue weighted by molar-refractivity contribution is 5.97. The van der Waals surface area contributed by atoms with Gasteiger partial charge in [-0.05, 0) is 68.6 Å². The number of nitrogens with one attached hydrogen (secondary N) is 3. The van der Waals surface area contributed by atoms with Gasteiger partial charge in [-0.2, -0.15) is 0 Å². The number of rotatable bonds is 4. The van der Waals surface area contributed by atoms with Gasteiger partial charge >= 0.3 is 6.03 Å². The summed E-state index contributed by atoms with van der Waals surface area (Å²) in [6.45, 7) is 0. The molecular formula is C20H29ClN4O2. The van der Waals surface area contributed by atoms with Crippen LogP contribution in [0, 0.1) is 11.8 Å². The van der Waals surface area contributed by atoms with E-state index in [0.29, 0.717) is 29.1 Å². The van der Waals surface area contributed by atoms with E-state index < -0.39 is 0 Å². The molecule has 2 bridgehead atoms. The van der Waals surface area contributed by atoms with Crippen LogP contribution in [0.25, 0.3) is 0 Å². The average molecular weight is 393 g/mol. The number of hydrogen-bond acceptors (Lipinski definition) is 3. The molecule has 3 saturated carbocycles. The zero-order valence-corrected chi connectivity index (χ0v) is 16.3. The quantitative estimate of drug-likeness (QED) is 0.634. The van der Waals surface area contributed by atoms with Crippen LogP contribution < -0.4 is 21.7 Å². The summed E-state index contributed by atoms with van der Waals surface area (Å²) in [4.78, 5) is 24.7. The van der Waals surface area contributed by atoms with Crippen LogP contribution >= 0.6 is 12.4 Å². The van der Waals surface area contributed by atoms with E-state index in [9.17, 15) is 9.59 Å². The molecule has 0 radical (unpaired) electrons. The SMILES string of the molecule is Cl.NC1CC2CCCC(C1)C2NC(=O)c1cccc(NC(=O)NC2CC2)c1. The van der Waals surface area contributed by atoms with Crippen molar-refractivity contribution in [3.8, 4) is 0 Å². The molecule has 3 aliphatic carbocycles. The second-order valence-electron chi connectivity index (χ2n) is 8.14. The normalized spacial score (nSPS) is 29.2. The largest absolute Gasteiger partial charge is 0.349 e. The first kappa shape index (κ1) is 20.0.